The number of aliphatic hydroxyl groups excluding tert-OH is 1. The lowest BCUT2D eigenvalue weighted by Gasteiger charge is -2.36. The molecular formula is C14H22N2O. The maximum absolute atomic E-state index is 10.0. The normalized spacial score (nSPS) is 21.5. The zero-order valence-corrected chi connectivity index (χ0v) is 10.6. The van der Waals surface area contributed by atoms with Crippen LogP contribution in [0.5, 0.6) is 0 Å². The van der Waals surface area contributed by atoms with Crippen molar-refractivity contribution in [2.24, 2.45) is 11.7 Å². The fourth-order valence-electron chi connectivity index (χ4n) is 2.33. The molecule has 0 amide bonds. The van der Waals surface area contributed by atoms with E-state index in [1.165, 1.54) is 11.3 Å². The molecule has 0 fully saturated rings. The molecule has 3 nitrogen and oxygen atoms in total. The second-order valence-corrected chi connectivity index (χ2v) is 5.31. The molecule has 3 heteroatoms. The van der Waals surface area contributed by atoms with E-state index in [0.29, 0.717) is 6.54 Å². The summed E-state index contributed by atoms with van der Waals surface area (Å²) >= 11 is 0. The number of hydrogen-bond acceptors (Lipinski definition) is 3. The lowest BCUT2D eigenvalue weighted by atomic mass is 9.97. The highest BCUT2D eigenvalue weighted by Crippen LogP contribution is 2.26. The number of fused-ring (bicyclic) bond motifs is 1. The van der Waals surface area contributed by atoms with Crippen LogP contribution >= 0.6 is 0 Å². The number of aliphatic hydroxyl groups is 1. The number of rotatable bonds is 3. The van der Waals surface area contributed by atoms with E-state index in [1.807, 2.05) is 26.0 Å². The first-order valence-corrected chi connectivity index (χ1v) is 6.34. The van der Waals surface area contributed by atoms with Crippen molar-refractivity contribution in [2.75, 3.05) is 18.0 Å². The van der Waals surface area contributed by atoms with Crippen LogP contribution in [0.2, 0.25) is 0 Å². The molecular weight excluding hydrogens is 212 g/mol. The third-order valence-electron chi connectivity index (χ3n) is 3.45. The smallest absolute Gasteiger partial charge is 0.0737 e. The first-order valence-electron chi connectivity index (χ1n) is 6.34. The fourth-order valence-corrected chi connectivity index (χ4v) is 2.33. The Balaban J connectivity index is 2.18. The highest BCUT2D eigenvalue weighted by molar-refractivity contribution is 5.56. The SMILES string of the molecule is CC(C)C(O)CN1CC(N)Cc2ccccc21. The molecule has 1 aliphatic rings. The predicted octanol–water partition coefficient (Wildman–Crippen LogP) is 1.39. The molecule has 1 heterocycles. The van der Waals surface area contributed by atoms with Gasteiger partial charge >= 0.3 is 0 Å². The van der Waals surface area contributed by atoms with Gasteiger partial charge in [-0.15, -0.1) is 0 Å². The summed E-state index contributed by atoms with van der Waals surface area (Å²) in [6.45, 7) is 5.59. The molecule has 0 spiro atoms. The van der Waals surface area contributed by atoms with E-state index in [1.54, 1.807) is 0 Å². The largest absolute Gasteiger partial charge is 0.391 e. The van der Waals surface area contributed by atoms with Crippen LogP contribution in [-0.2, 0) is 6.42 Å². The van der Waals surface area contributed by atoms with Crippen LogP contribution in [0.15, 0.2) is 24.3 Å². The maximum Gasteiger partial charge on any atom is 0.0737 e. The van der Waals surface area contributed by atoms with Gasteiger partial charge in [-0.25, -0.2) is 0 Å². The fraction of sp³-hybridized carbons (Fsp3) is 0.571. The van der Waals surface area contributed by atoms with Crippen molar-refractivity contribution in [3.63, 3.8) is 0 Å². The van der Waals surface area contributed by atoms with Crippen LogP contribution in [0.4, 0.5) is 5.69 Å². The molecule has 0 saturated carbocycles. The third-order valence-corrected chi connectivity index (χ3v) is 3.45. The minimum absolute atomic E-state index is 0.171. The second kappa shape index (κ2) is 5.07. The minimum atomic E-state index is -0.298. The first kappa shape index (κ1) is 12.4. The molecule has 1 aliphatic heterocycles. The van der Waals surface area contributed by atoms with Gasteiger partial charge in [-0.2, -0.15) is 0 Å². The van der Waals surface area contributed by atoms with Gasteiger partial charge < -0.3 is 15.7 Å². The van der Waals surface area contributed by atoms with Gasteiger partial charge in [-0.05, 0) is 24.0 Å². The maximum atomic E-state index is 10.0. The molecule has 0 radical (unpaired) electrons. The van der Waals surface area contributed by atoms with Crippen molar-refractivity contribution in [2.45, 2.75) is 32.4 Å². The highest BCUT2D eigenvalue weighted by atomic mass is 16.3. The summed E-state index contributed by atoms with van der Waals surface area (Å²) in [6.07, 6.45) is 0.637. The van der Waals surface area contributed by atoms with Crippen molar-refractivity contribution < 1.29 is 5.11 Å². The van der Waals surface area contributed by atoms with E-state index in [2.05, 4.69) is 17.0 Å². The summed E-state index contributed by atoms with van der Waals surface area (Å²) in [5.41, 5.74) is 8.59. The van der Waals surface area contributed by atoms with Gasteiger partial charge in [0.05, 0.1) is 6.10 Å². The van der Waals surface area contributed by atoms with Crippen molar-refractivity contribution in [1.82, 2.24) is 0 Å². The lowest BCUT2D eigenvalue weighted by Crippen LogP contribution is -2.46. The van der Waals surface area contributed by atoms with E-state index < -0.39 is 0 Å². The standard InChI is InChI=1S/C14H22N2O/c1-10(2)14(17)9-16-8-12(15)7-11-5-3-4-6-13(11)16/h3-6,10,12,14,17H,7-9,15H2,1-2H3. The Hall–Kier alpha value is -1.06. The van der Waals surface area contributed by atoms with Crippen molar-refractivity contribution in [3.05, 3.63) is 29.8 Å². The van der Waals surface area contributed by atoms with Crippen molar-refractivity contribution in [3.8, 4) is 0 Å². The molecule has 0 bridgehead atoms. The second-order valence-electron chi connectivity index (χ2n) is 5.31. The van der Waals surface area contributed by atoms with E-state index in [9.17, 15) is 5.11 Å². The number of para-hydroxylation sites is 1. The Morgan fingerprint density at radius 3 is 2.82 bits per heavy atom. The van der Waals surface area contributed by atoms with Gasteiger partial charge in [0.25, 0.3) is 0 Å². The predicted molar refractivity (Wildman–Crippen MR) is 71.2 cm³/mol. The molecule has 0 aromatic heterocycles. The Kier molecular flexibility index (Phi) is 3.69. The number of β-amino-alcohol motifs (C(OH)–C–C–N with tert-alkyl or cyclic N) is 1. The van der Waals surface area contributed by atoms with E-state index in [0.717, 1.165) is 13.0 Å². The topological polar surface area (TPSA) is 49.5 Å². The highest BCUT2D eigenvalue weighted by Gasteiger charge is 2.24. The van der Waals surface area contributed by atoms with Gasteiger partial charge in [0.15, 0.2) is 0 Å². The molecule has 3 N–H and O–H groups in total. The lowest BCUT2D eigenvalue weighted by molar-refractivity contribution is 0.130. The quantitative estimate of drug-likeness (QED) is 0.831. The van der Waals surface area contributed by atoms with E-state index in [4.69, 9.17) is 5.73 Å². The van der Waals surface area contributed by atoms with E-state index in [-0.39, 0.29) is 18.1 Å². The van der Waals surface area contributed by atoms with Gasteiger partial charge in [-0.3, -0.25) is 0 Å². The Morgan fingerprint density at radius 2 is 2.12 bits per heavy atom. The molecule has 2 atom stereocenters. The minimum Gasteiger partial charge on any atom is -0.391 e. The van der Waals surface area contributed by atoms with Gasteiger partial charge in [0.2, 0.25) is 0 Å². The van der Waals surface area contributed by atoms with E-state index >= 15 is 0 Å². The number of nitrogens with two attached hydrogens (primary N) is 1. The Morgan fingerprint density at radius 1 is 1.41 bits per heavy atom. The monoisotopic (exact) mass is 234 g/mol. The average molecular weight is 234 g/mol. The number of benzene rings is 1. The molecule has 0 saturated heterocycles. The average Bonchev–Trinajstić information content (AvgIpc) is 2.28. The number of nitrogens with zero attached hydrogens (tertiary/aromatic N) is 1. The summed E-state index contributed by atoms with van der Waals surface area (Å²) in [5.74, 6) is 0.278. The Labute approximate surface area is 103 Å². The van der Waals surface area contributed by atoms with Crippen LogP contribution in [-0.4, -0.2) is 30.3 Å². The van der Waals surface area contributed by atoms with Gasteiger partial charge in [0, 0.05) is 24.8 Å². The first-order chi connectivity index (χ1) is 8.08. The summed E-state index contributed by atoms with van der Waals surface area (Å²) in [6, 6.07) is 8.51. The van der Waals surface area contributed by atoms with Crippen LogP contribution in [0.1, 0.15) is 19.4 Å². The van der Waals surface area contributed by atoms with Crippen LogP contribution < -0.4 is 10.6 Å². The summed E-state index contributed by atoms with van der Waals surface area (Å²) < 4.78 is 0. The third kappa shape index (κ3) is 2.79. The number of anilines is 1. The number of hydrogen-bond donors (Lipinski definition) is 2. The van der Waals surface area contributed by atoms with Gasteiger partial charge in [-0.1, -0.05) is 32.0 Å². The molecule has 1 aromatic carbocycles. The zero-order chi connectivity index (χ0) is 12.4. The van der Waals surface area contributed by atoms with Crippen molar-refractivity contribution >= 4 is 5.69 Å². The molecule has 2 unspecified atom stereocenters. The summed E-state index contributed by atoms with van der Waals surface area (Å²) in [4.78, 5) is 2.22. The molecule has 1 aromatic rings. The summed E-state index contributed by atoms with van der Waals surface area (Å²) in [7, 11) is 0. The van der Waals surface area contributed by atoms with Crippen molar-refractivity contribution in [1.29, 1.82) is 0 Å². The van der Waals surface area contributed by atoms with Crippen LogP contribution in [0.25, 0.3) is 0 Å². The molecule has 94 valence electrons. The van der Waals surface area contributed by atoms with Crippen LogP contribution in [0, 0.1) is 5.92 Å². The Bertz CT molecular complexity index is 378. The zero-order valence-electron chi connectivity index (χ0n) is 10.6. The summed E-state index contributed by atoms with van der Waals surface area (Å²) in [5, 5.41) is 10.0. The van der Waals surface area contributed by atoms with Gasteiger partial charge in [0.1, 0.15) is 0 Å². The molecule has 2 rings (SSSR count). The molecule has 17 heavy (non-hydrogen) atoms. The van der Waals surface area contributed by atoms with Crippen LogP contribution in [0.3, 0.4) is 0 Å². The molecule has 0 aliphatic carbocycles.